The van der Waals surface area contributed by atoms with E-state index >= 15 is 0 Å². The van der Waals surface area contributed by atoms with Gasteiger partial charge in [-0.2, -0.15) is 0 Å². The van der Waals surface area contributed by atoms with E-state index in [9.17, 15) is 9.18 Å². The summed E-state index contributed by atoms with van der Waals surface area (Å²) in [6.07, 6.45) is 0. The van der Waals surface area contributed by atoms with Crippen LogP contribution in [0, 0.1) is 12.7 Å². The van der Waals surface area contributed by atoms with E-state index in [-0.39, 0.29) is 11.7 Å². The molecule has 5 nitrogen and oxygen atoms in total. The first-order valence-corrected chi connectivity index (χ1v) is 9.78. The van der Waals surface area contributed by atoms with Crippen LogP contribution in [0.25, 0.3) is 21.8 Å². The highest BCUT2D eigenvalue weighted by atomic mass is 19.1. The highest BCUT2D eigenvalue weighted by Gasteiger charge is 2.25. The molecule has 1 aliphatic rings. The molecule has 5 rings (SSSR count). The summed E-state index contributed by atoms with van der Waals surface area (Å²) in [5.74, 6) is -0.301. The Hall–Kier alpha value is -3.41. The molecule has 1 aliphatic heterocycles. The van der Waals surface area contributed by atoms with Gasteiger partial charge in [0.25, 0.3) is 5.91 Å². The fraction of sp³-hybridized carbons (Fsp3) is 0.217. The zero-order chi connectivity index (χ0) is 20.0. The number of anilines is 1. The second kappa shape index (κ2) is 6.88. The predicted octanol–water partition coefficient (Wildman–Crippen LogP) is 4.13. The van der Waals surface area contributed by atoms with Crippen molar-refractivity contribution < 1.29 is 9.18 Å². The first-order valence-electron chi connectivity index (χ1n) is 9.78. The van der Waals surface area contributed by atoms with Gasteiger partial charge >= 0.3 is 0 Å². The van der Waals surface area contributed by atoms with Crippen LogP contribution < -0.4 is 4.90 Å². The number of piperazine rings is 1. The molecule has 2 aromatic heterocycles. The lowest BCUT2D eigenvalue weighted by molar-refractivity contribution is 0.0741. The molecule has 146 valence electrons. The topological polar surface area (TPSA) is 52.2 Å². The molecular formula is C23H21FN4O. The van der Waals surface area contributed by atoms with E-state index in [1.165, 1.54) is 6.07 Å². The van der Waals surface area contributed by atoms with Crippen molar-refractivity contribution in [1.82, 2.24) is 14.9 Å². The minimum Gasteiger partial charge on any atom is -0.366 e. The molecule has 1 N–H and O–H groups in total. The number of benzene rings is 2. The highest BCUT2D eigenvalue weighted by Crippen LogP contribution is 2.26. The fourth-order valence-electron chi connectivity index (χ4n) is 4.01. The number of hydrogen-bond donors (Lipinski definition) is 1. The molecule has 1 saturated heterocycles. The van der Waals surface area contributed by atoms with Gasteiger partial charge in [-0.25, -0.2) is 9.37 Å². The molecule has 0 saturated carbocycles. The first-order chi connectivity index (χ1) is 14.1. The number of para-hydroxylation sites is 1. The van der Waals surface area contributed by atoms with E-state index in [4.69, 9.17) is 0 Å². The third-order valence-corrected chi connectivity index (χ3v) is 5.58. The molecule has 0 aliphatic carbocycles. The maximum absolute atomic E-state index is 14.0. The standard InChI is InChI=1S/C23H21FN4O/c1-15-6-7-16-8-9-17-14-19(26-22(17)21(16)25-15)23(29)28-12-10-27(11-13-28)20-5-3-2-4-18(20)24/h2-9,14,25H,10-13H2,1H3. The lowest BCUT2D eigenvalue weighted by atomic mass is 10.1. The monoisotopic (exact) mass is 388 g/mol. The van der Waals surface area contributed by atoms with Crippen LogP contribution in [0.4, 0.5) is 10.1 Å². The van der Waals surface area contributed by atoms with Crippen LogP contribution in [0.1, 0.15) is 16.2 Å². The molecule has 0 unspecified atom stereocenters. The van der Waals surface area contributed by atoms with Gasteiger partial charge in [0.15, 0.2) is 0 Å². The molecule has 6 heteroatoms. The zero-order valence-electron chi connectivity index (χ0n) is 16.2. The Morgan fingerprint density at radius 2 is 1.72 bits per heavy atom. The maximum atomic E-state index is 14.0. The summed E-state index contributed by atoms with van der Waals surface area (Å²) >= 11 is 0. The molecule has 29 heavy (non-hydrogen) atoms. The van der Waals surface area contributed by atoms with Crippen LogP contribution >= 0.6 is 0 Å². The fourth-order valence-corrected chi connectivity index (χ4v) is 4.01. The number of fused-ring (bicyclic) bond motifs is 3. The van der Waals surface area contributed by atoms with Gasteiger partial charge in [0.1, 0.15) is 11.5 Å². The van der Waals surface area contributed by atoms with E-state index in [1.807, 2.05) is 42.2 Å². The Labute approximate surface area is 167 Å². The number of rotatable bonds is 2. The number of hydrogen-bond acceptors (Lipinski definition) is 3. The average molecular weight is 388 g/mol. The molecule has 1 fully saturated rings. The molecule has 0 spiro atoms. The van der Waals surface area contributed by atoms with Crippen LogP contribution in [0.3, 0.4) is 0 Å². The second-order valence-corrected chi connectivity index (χ2v) is 7.48. The summed E-state index contributed by atoms with van der Waals surface area (Å²) in [7, 11) is 0. The summed E-state index contributed by atoms with van der Waals surface area (Å²) in [6, 6.07) is 16.7. The molecule has 0 atom stereocenters. The van der Waals surface area contributed by atoms with Crippen molar-refractivity contribution in [2.45, 2.75) is 6.92 Å². The predicted molar refractivity (Wildman–Crippen MR) is 113 cm³/mol. The van der Waals surface area contributed by atoms with Crippen LogP contribution in [0.15, 0.2) is 54.6 Å². The smallest absolute Gasteiger partial charge is 0.272 e. The van der Waals surface area contributed by atoms with Gasteiger partial charge < -0.3 is 14.8 Å². The quantitative estimate of drug-likeness (QED) is 0.562. The van der Waals surface area contributed by atoms with E-state index in [0.29, 0.717) is 37.6 Å². The highest BCUT2D eigenvalue weighted by molar-refractivity contribution is 6.07. The van der Waals surface area contributed by atoms with Gasteiger partial charge in [0.05, 0.1) is 16.7 Å². The lowest BCUT2D eigenvalue weighted by Crippen LogP contribution is -2.49. The molecule has 1 amide bonds. The summed E-state index contributed by atoms with van der Waals surface area (Å²) in [4.78, 5) is 24.8. The normalized spacial score (nSPS) is 14.7. The number of aromatic amines is 1. The lowest BCUT2D eigenvalue weighted by Gasteiger charge is -2.36. The summed E-state index contributed by atoms with van der Waals surface area (Å²) in [6.45, 7) is 4.29. The number of nitrogens with zero attached hydrogens (tertiary/aromatic N) is 3. The van der Waals surface area contributed by atoms with Crippen molar-refractivity contribution in [1.29, 1.82) is 0 Å². The number of aryl methyl sites for hydroxylation is 1. The van der Waals surface area contributed by atoms with Crippen molar-refractivity contribution in [3.05, 3.63) is 71.8 Å². The van der Waals surface area contributed by atoms with Crippen LogP contribution in [-0.2, 0) is 0 Å². The van der Waals surface area contributed by atoms with Gasteiger partial charge in [0, 0.05) is 42.6 Å². The van der Waals surface area contributed by atoms with E-state index in [0.717, 1.165) is 27.5 Å². The molecule has 3 heterocycles. The number of halogens is 1. The Morgan fingerprint density at radius 1 is 1.00 bits per heavy atom. The van der Waals surface area contributed by atoms with E-state index < -0.39 is 0 Å². The maximum Gasteiger partial charge on any atom is 0.272 e. The number of aromatic nitrogens is 2. The number of carbonyl (C=O) groups is 1. The molecule has 4 aromatic rings. The van der Waals surface area contributed by atoms with Gasteiger partial charge in [-0.05, 0) is 31.2 Å². The van der Waals surface area contributed by atoms with E-state index in [2.05, 4.69) is 16.0 Å². The molecular weight excluding hydrogens is 367 g/mol. The van der Waals surface area contributed by atoms with Crippen molar-refractivity contribution >= 4 is 33.4 Å². The molecule has 0 bridgehead atoms. The van der Waals surface area contributed by atoms with Gasteiger partial charge in [-0.1, -0.05) is 30.3 Å². The third-order valence-electron chi connectivity index (χ3n) is 5.58. The van der Waals surface area contributed by atoms with Gasteiger partial charge in [0.2, 0.25) is 0 Å². The van der Waals surface area contributed by atoms with Crippen LogP contribution in [0.2, 0.25) is 0 Å². The molecule has 0 radical (unpaired) electrons. The number of nitrogens with one attached hydrogen (secondary N) is 1. The number of amides is 1. The number of H-pyrrole nitrogens is 1. The van der Waals surface area contributed by atoms with Crippen LogP contribution in [-0.4, -0.2) is 47.0 Å². The van der Waals surface area contributed by atoms with Crippen LogP contribution in [0.5, 0.6) is 0 Å². The van der Waals surface area contributed by atoms with E-state index in [1.54, 1.807) is 17.0 Å². The van der Waals surface area contributed by atoms with Crippen molar-refractivity contribution in [2.24, 2.45) is 0 Å². The summed E-state index contributed by atoms with van der Waals surface area (Å²) in [5, 5.41) is 2.02. The Balaban J connectivity index is 1.39. The molecule has 2 aromatic carbocycles. The van der Waals surface area contributed by atoms with Gasteiger partial charge in [-0.15, -0.1) is 0 Å². The first kappa shape index (κ1) is 17.7. The van der Waals surface area contributed by atoms with Crippen molar-refractivity contribution in [3.8, 4) is 0 Å². The Morgan fingerprint density at radius 3 is 2.52 bits per heavy atom. The minimum absolute atomic E-state index is 0.0739. The average Bonchev–Trinajstić information content (AvgIpc) is 3.19. The van der Waals surface area contributed by atoms with Gasteiger partial charge in [-0.3, -0.25) is 4.79 Å². The number of pyridine rings is 1. The van der Waals surface area contributed by atoms with Crippen molar-refractivity contribution in [3.63, 3.8) is 0 Å². The van der Waals surface area contributed by atoms with Crippen molar-refractivity contribution in [2.75, 3.05) is 31.1 Å². The largest absolute Gasteiger partial charge is 0.366 e. The Bertz CT molecular complexity index is 1220. The summed E-state index contributed by atoms with van der Waals surface area (Å²) in [5.41, 5.74) is 3.87. The Kier molecular flexibility index (Phi) is 4.19. The summed E-state index contributed by atoms with van der Waals surface area (Å²) < 4.78 is 14.0. The second-order valence-electron chi connectivity index (χ2n) is 7.48. The minimum atomic E-state index is -0.227. The third kappa shape index (κ3) is 3.10. The SMILES string of the molecule is Cc1ccc2ccc3cc(C(=O)N4CCN(c5ccccc5F)CC4)nc3c2[nH]1. The zero-order valence-corrected chi connectivity index (χ0v) is 16.2. The number of carbonyl (C=O) groups excluding carboxylic acids is 1.